The fourth-order valence-corrected chi connectivity index (χ4v) is 2.10. The fourth-order valence-electron chi connectivity index (χ4n) is 1.59. The zero-order valence-corrected chi connectivity index (χ0v) is 13.0. The van der Waals surface area contributed by atoms with Crippen LogP contribution in [-0.2, 0) is 0 Å². The van der Waals surface area contributed by atoms with Crippen molar-refractivity contribution in [3.63, 3.8) is 0 Å². The Labute approximate surface area is 129 Å². The van der Waals surface area contributed by atoms with E-state index in [0.29, 0.717) is 19.8 Å². The minimum Gasteiger partial charge on any atom is -0.507 e. The van der Waals surface area contributed by atoms with Gasteiger partial charge in [-0.05, 0) is 65.4 Å². The number of hydrogen-bond donors (Lipinski definition) is 2. The molecule has 2 aromatic carbocycles. The Morgan fingerprint density at radius 2 is 2.05 bits per heavy atom. The summed E-state index contributed by atoms with van der Waals surface area (Å²) in [7, 11) is 0. The third-order valence-corrected chi connectivity index (χ3v) is 4.05. The van der Waals surface area contributed by atoms with Crippen molar-refractivity contribution in [3.05, 3.63) is 56.1 Å². The second kappa shape index (κ2) is 5.79. The van der Waals surface area contributed by atoms with E-state index < -0.39 is 0 Å². The van der Waals surface area contributed by atoms with Crippen molar-refractivity contribution in [2.24, 2.45) is 0 Å². The van der Waals surface area contributed by atoms with Gasteiger partial charge in [0.15, 0.2) is 0 Å². The number of hydrogen-bond acceptors (Lipinski definition) is 2. The Hall–Kier alpha value is -1.27. The summed E-state index contributed by atoms with van der Waals surface area (Å²) in [5.41, 5.74) is 1.88. The zero-order valence-electron chi connectivity index (χ0n) is 10.1. The van der Waals surface area contributed by atoms with Gasteiger partial charge >= 0.3 is 0 Å². The molecule has 0 fully saturated rings. The molecule has 0 saturated carbocycles. The summed E-state index contributed by atoms with van der Waals surface area (Å²) in [5.74, 6) is -0.187. The van der Waals surface area contributed by atoms with Gasteiger partial charge in [-0.3, -0.25) is 4.79 Å². The lowest BCUT2D eigenvalue weighted by molar-refractivity contribution is 0.102. The molecule has 2 rings (SSSR count). The lowest BCUT2D eigenvalue weighted by Crippen LogP contribution is -2.12. The molecule has 98 valence electrons. The molecule has 2 N–H and O–H groups in total. The van der Waals surface area contributed by atoms with Crippen LogP contribution in [0.1, 0.15) is 15.9 Å². The second-order valence-electron chi connectivity index (χ2n) is 4.03. The maximum absolute atomic E-state index is 12.1. The van der Waals surface area contributed by atoms with Crippen molar-refractivity contribution < 1.29 is 9.90 Å². The summed E-state index contributed by atoms with van der Waals surface area (Å²) >= 11 is 8.00. The lowest BCUT2D eigenvalue weighted by atomic mass is 10.1. The number of rotatable bonds is 2. The van der Waals surface area contributed by atoms with Crippen molar-refractivity contribution >= 4 is 45.8 Å². The lowest BCUT2D eigenvalue weighted by Gasteiger charge is -2.10. The Kier molecular flexibility index (Phi) is 4.31. The molecule has 0 heterocycles. The maximum atomic E-state index is 12.1. The Morgan fingerprint density at radius 3 is 2.74 bits per heavy atom. The molecule has 0 aromatic heterocycles. The molecule has 2 aromatic rings. The van der Waals surface area contributed by atoms with E-state index in [2.05, 4.69) is 5.32 Å². The van der Waals surface area contributed by atoms with Gasteiger partial charge in [-0.2, -0.15) is 0 Å². The number of phenolic OH excluding ortho intramolecular Hbond substituents is 1. The molecule has 0 radical (unpaired) electrons. The van der Waals surface area contributed by atoms with Crippen LogP contribution in [0.4, 0.5) is 5.69 Å². The van der Waals surface area contributed by atoms with Crippen LogP contribution < -0.4 is 5.32 Å². The first kappa shape index (κ1) is 14.1. The van der Waals surface area contributed by atoms with Crippen LogP contribution in [0.15, 0.2) is 36.4 Å². The van der Waals surface area contributed by atoms with Crippen molar-refractivity contribution in [1.82, 2.24) is 0 Å². The number of nitrogens with one attached hydrogen (secondary N) is 1. The molecule has 0 saturated heterocycles. The van der Waals surface area contributed by atoms with Crippen molar-refractivity contribution in [1.29, 1.82) is 0 Å². The molecule has 0 bridgehead atoms. The summed E-state index contributed by atoms with van der Waals surface area (Å²) < 4.78 is 0.702. The van der Waals surface area contributed by atoms with E-state index in [1.807, 2.05) is 29.5 Å². The highest BCUT2D eigenvalue weighted by atomic mass is 127. The Balaban J connectivity index is 2.26. The van der Waals surface area contributed by atoms with Gasteiger partial charge in [0, 0.05) is 16.3 Å². The van der Waals surface area contributed by atoms with E-state index in [1.165, 1.54) is 6.07 Å². The molecule has 5 heteroatoms. The number of carbonyl (C=O) groups is 1. The third-order valence-electron chi connectivity index (χ3n) is 2.72. The monoisotopic (exact) mass is 387 g/mol. The van der Waals surface area contributed by atoms with Crippen molar-refractivity contribution in [3.8, 4) is 5.75 Å². The Bertz CT molecular complexity index is 643. The first-order valence-corrected chi connectivity index (χ1v) is 6.99. The molecule has 19 heavy (non-hydrogen) atoms. The van der Waals surface area contributed by atoms with E-state index in [1.54, 1.807) is 30.3 Å². The van der Waals surface area contributed by atoms with E-state index in [0.717, 1.165) is 5.56 Å². The van der Waals surface area contributed by atoms with Gasteiger partial charge in [0.2, 0.25) is 0 Å². The number of amides is 1. The van der Waals surface area contributed by atoms with E-state index in [4.69, 9.17) is 11.6 Å². The van der Waals surface area contributed by atoms with Crippen LogP contribution >= 0.6 is 34.2 Å². The minimum atomic E-state index is -0.280. The number of aromatic hydroxyl groups is 1. The number of phenols is 1. The molecule has 0 aliphatic heterocycles. The quantitative estimate of drug-likeness (QED) is 0.758. The van der Waals surface area contributed by atoms with Gasteiger partial charge in [0.1, 0.15) is 5.75 Å². The normalized spacial score (nSPS) is 10.3. The average Bonchev–Trinajstić information content (AvgIpc) is 2.38. The second-order valence-corrected chi connectivity index (χ2v) is 5.60. The molecule has 3 nitrogen and oxygen atoms in total. The van der Waals surface area contributed by atoms with Gasteiger partial charge in [0.05, 0.1) is 3.57 Å². The van der Waals surface area contributed by atoms with E-state index >= 15 is 0 Å². The third kappa shape index (κ3) is 3.19. The minimum absolute atomic E-state index is 0.0936. The number of benzene rings is 2. The van der Waals surface area contributed by atoms with Crippen LogP contribution in [-0.4, -0.2) is 11.0 Å². The largest absolute Gasteiger partial charge is 0.507 e. The van der Waals surface area contributed by atoms with E-state index in [-0.39, 0.29) is 11.7 Å². The molecule has 0 aliphatic rings. The van der Waals surface area contributed by atoms with Crippen LogP contribution in [0.2, 0.25) is 5.02 Å². The number of halogens is 2. The summed E-state index contributed by atoms with van der Waals surface area (Å²) in [6, 6.07) is 10.1. The highest BCUT2D eigenvalue weighted by molar-refractivity contribution is 14.1. The highest BCUT2D eigenvalue weighted by Crippen LogP contribution is 2.25. The summed E-state index contributed by atoms with van der Waals surface area (Å²) in [4.78, 5) is 12.1. The molecule has 0 unspecified atom stereocenters. The molecule has 0 atom stereocenters. The highest BCUT2D eigenvalue weighted by Gasteiger charge is 2.10. The first-order valence-electron chi connectivity index (χ1n) is 5.54. The standard InChI is InChI=1S/C14H11ClINO2/c1-8-10(15)3-2-4-12(8)17-14(19)9-5-6-11(16)13(18)7-9/h2-7,18H,1H3,(H,17,19). The van der Waals surface area contributed by atoms with Gasteiger partial charge in [-0.1, -0.05) is 17.7 Å². The molecule has 0 spiro atoms. The van der Waals surface area contributed by atoms with Crippen molar-refractivity contribution in [2.45, 2.75) is 6.92 Å². The molecular weight excluding hydrogens is 377 g/mol. The van der Waals surface area contributed by atoms with E-state index in [9.17, 15) is 9.90 Å². The topological polar surface area (TPSA) is 49.3 Å². The summed E-state index contributed by atoms with van der Waals surface area (Å²) in [6.45, 7) is 1.84. The van der Waals surface area contributed by atoms with Gasteiger partial charge in [-0.15, -0.1) is 0 Å². The summed E-state index contributed by atoms with van der Waals surface area (Å²) in [5, 5.41) is 13.0. The smallest absolute Gasteiger partial charge is 0.255 e. The van der Waals surface area contributed by atoms with Crippen LogP contribution in [0.5, 0.6) is 5.75 Å². The predicted octanol–water partition coefficient (Wildman–Crippen LogP) is 4.21. The van der Waals surface area contributed by atoms with Crippen molar-refractivity contribution in [2.75, 3.05) is 5.32 Å². The SMILES string of the molecule is Cc1c(Cl)cccc1NC(=O)c1ccc(I)c(O)c1. The maximum Gasteiger partial charge on any atom is 0.255 e. The zero-order chi connectivity index (χ0) is 14.0. The summed E-state index contributed by atoms with van der Waals surface area (Å²) in [6.07, 6.45) is 0. The molecular formula is C14H11ClINO2. The molecule has 1 amide bonds. The van der Waals surface area contributed by atoms with Crippen LogP contribution in [0, 0.1) is 10.5 Å². The fraction of sp³-hybridized carbons (Fsp3) is 0.0714. The van der Waals surface area contributed by atoms with Gasteiger partial charge in [-0.25, -0.2) is 0 Å². The molecule has 0 aliphatic carbocycles. The van der Waals surface area contributed by atoms with Gasteiger partial charge in [0.25, 0.3) is 5.91 Å². The average molecular weight is 388 g/mol. The van der Waals surface area contributed by atoms with Crippen LogP contribution in [0.3, 0.4) is 0 Å². The number of carbonyl (C=O) groups excluding carboxylic acids is 1. The van der Waals surface area contributed by atoms with Gasteiger partial charge < -0.3 is 10.4 Å². The number of anilines is 1. The van der Waals surface area contributed by atoms with Crippen LogP contribution in [0.25, 0.3) is 0 Å². The Morgan fingerprint density at radius 1 is 1.32 bits per heavy atom. The first-order chi connectivity index (χ1) is 8.99. The predicted molar refractivity (Wildman–Crippen MR) is 85.0 cm³/mol.